The average molecular weight is 155 g/mol. The summed E-state index contributed by atoms with van der Waals surface area (Å²) in [5.74, 6) is 0.233. The summed E-state index contributed by atoms with van der Waals surface area (Å²) in [5.41, 5.74) is 0. The summed E-state index contributed by atoms with van der Waals surface area (Å²) in [7, 11) is 0. The van der Waals surface area contributed by atoms with Crippen LogP contribution in [0.4, 0.5) is 0 Å². The minimum Gasteiger partial charge on any atom is -0.356 e. The number of amides is 1. The summed E-state index contributed by atoms with van der Waals surface area (Å²) in [4.78, 5) is 22.0. The molecule has 0 spiro atoms. The molecular formula is C8H13NO2. The Hall–Kier alpha value is -0.860. The second-order valence-electron chi connectivity index (χ2n) is 2.86. The van der Waals surface area contributed by atoms with E-state index in [1.54, 1.807) is 0 Å². The monoisotopic (exact) mass is 155 g/mol. The predicted molar refractivity (Wildman–Crippen MR) is 41.0 cm³/mol. The van der Waals surface area contributed by atoms with Crippen LogP contribution in [0.2, 0.25) is 0 Å². The second kappa shape index (κ2) is 3.51. The minimum absolute atomic E-state index is 0.00579. The molecule has 0 bridgehead atoms. The van der Waals surface area contributed by atoms with E-state index in [2.05, 4.69) is 5.32 Å². The number of carbonyl (C=O) groups is 2. The van der Waals surface area contributed by atoms with Gasteiger partial charge in [0.05, 0.1) is 0 Å². The van der Waals surface area contributed by atoms with E-state index in [0.717, 1.165) is 6.42 Å². The van der Waals surface area contributed by atoms with Crippen LogP contribution in [-0.2, 0) is 9.59 Å². The van der Waals surface area contributed by atoms with E-state index in [1.807, 2.05) is 6.92 Å². The van der Waals surface area contributed by atoms with Crippen LogP contribution in [0, 0.1) is 5.92 Å². The number of nitrogens with one attached hydrogen (secondary N) is 1. The van der Waals surface area contributed by atoms with Crippen LogP contribution in [0.3, 0.4) is 0 Å². The van der Waals surface area contributed by atoms with E-state index >= 15 is 0 Å². The molecular weight excluding hydrogens is 142 g/mol. The van der Waals surface area contributed by atoms with E-state index < -0.39 is 0 Å². The average Bonchev–Trinajstić information content (AvgIpc) is 2.03. The van der Waals surface area contributed by atoms with Crippen LogP contribution in [0.5, 0.6) is 0 Å². The Kier molecular flexibility index (Phi) is 2.63. The highest BCUT2D eigenvalue weighted by Crippen LogP contribution is 2.14. The smallest absolute Gasteiger partial charge is 0.220 e. The molecule has 1 aliphatic heterocycles. The Labute approximate surface area is 66.2 Å². The molecule has 1 unspecified atom stereocenters. The molecule has 0 saturated carbocycles. The zero-order valence-corrected chi connectivity index (χ0v) is 6.72. The maximum atomic E-state index is 11.1. The lowest BCUT2D eigenvalue weighted by molar-refractivity contribution is -0.130. The van der Waals surface area contributed by atoms with E-state index in [4.69, 9.17) is 0 Å². The van der Waals surface area contributed by atoms with Crippen molar-refractivity contribution in [3.8, 4) is 0 Å². The lowest BCUT2D eigenvalue weighted by Gasteiger charge is -2.19. The van der Waals surface area contributed by atoms with Crippen molar-refractivity contribution in [3.63, 3.8) is 0 Å². The normalized spacial score (nSPS) is 24.5. The molecule has 1 fully saturated rings. The Balaban J connectivity index is 2.45. The fourth-order valence-corrected chi connectivity index (χ4v) is 1.35. The standard InChI is InChI=1S/C8H13NO2/c1-2-7(10)6-3-4-9-8(11)5-6/h6H,2-5H2,1H3,(H,9,11). The lowest BCUT2D eigenvalue weighted by Crippen LogP contribution is -2.36. The highest BCUT2D eigenvalue weighted by atomic mass is 16.2. The van der Waals surface area contributed by atoms with Gasteiger partial charge in [0.1, 0.15) is 5.78 Å². The first-order valence-corrected chi connectivity index (χ1v) is 4.03. The van der Waals surface area contributed by atoms with Crippen molar-refractivity contribution in [3.05, 3.63) is 0 Å². The summed E-state index contributed by atoms with van der Waals surface area (Å²) < 4.78 is 0. The molecule has 1 saturated heterocycles. The van der Waals surface area contributed by atoms with Gasteiger partial charge in [-0.05, 0) is 6.42 Å². The van der Waals surface area contributed by atoms with Gasteiger partial charge < -0.3 is 5.32 Å². The number of carbonyl (C=O) groups excluding carboxylic acids is 2. The number of hydrogen-bond acceptors (Lipinski definition) is 2. The summed E-state index contributed by atoms with van der Waals surface area (Å²) in [6.45, 7) is 2.50. The van der Waals surface area contributed by atoms with Crippen LogP contribution >= 0.6 is 0 Å². The van der Waals surface area contributed by atoms with Gasteiger partial charge in [0, 0.05) is 25.3 Å². The van der Waals surface area contributed by atoms with Gasteiger partial charge in [-0.2, -0.15) is 0 Å². The van der Waals surface area contributed by atoms with Crippen LogP contribution < -0.4 is 5.32 Å². The molecule has 1 N–H and O–H groups in total. The predicted octanol–water partition coefficient (Wildman–Crippen LogP) is 0.492. The molecule has 1 amide bonds. The number of piperidine rings is 1. The highest BCUT2D eigenvalue weighted by molar-refractivity contribution is 5.87. The first kappa shape index (κ1) is 8.24. The molecule has 3 nitrogen and oxygen atoms in total. The first-order valence-electron chi connectivity index (χ1n) is 4.03. The molecule has 1 heterocycles. The van der Waals surface area contributed by atoms with Gasteiger partial charge in [-0.1, -0.05) is 6.92 Å². The fourth-order valence-electron chi connectivity index (χ4n) is 1.35. The molecule has 1 rings (SSSR count). The van der Waals surface area contributed by atoms with E-state index in [1.165, 1.54) is 0 Å². The molecule has 62 valence electrons. The third-order valence-corrected chi connectivity index (χ3v) is 2.05. The number of ketones is 1. The largest absolute Gasteiger partial charge is 0.356 e. The van der Waals surface area contributed by atoms with E-state index in [-0.39, 0.29) is 17.6 Å². The van der Waals surface area contributed by atoms with Crippen molar-refractivity contribution in [2.75, 3.05) is 6.54 Å². The maximum Gasteiger partial charge on any atom is 0.220 e. The van der Waals surface area contributed by atoms with Crippen LogP contribution in [0.15, 0.2) is 0 Å². The van der Waals surface area contributed by atoms with E-state index in [0.29, 0.717) is 19.4 Å². The third kappa shape index (κ3) is 2.03. The number of Topliss-reactive ketones (excluding diaryl/α,β-unsaturated/α-hetero) is 1. The highest BCUT2D eigenvalue weighted by Gasteiger charge is 2.23. The quantitative estimate of drug-likeness (QED) is 0.631. The van der Waals surface area contributed by atoms with Gasteiger partial charge >= 0.3 is 0 Å². The zero-order valence-electron chi connectivity index (χ0n) is 6.72. The summed E-state index contributed by atoms with van der Waals surface area (Å²) in [6, 6.07) is 0. The summed E-state index contributed by atoms with van der Waals surface area (Å²) >= 11 is 0. The van der Waals surface area contributed by atoms with Crippen molar-refractivity contribution < 1.29 is 9.59 Å². The topological polar surface area (TPSA) is 46.2 Å². The van der Waals surface area contributed by atoms with Crippen LogP contribution in [0.1, 0.15) is 26.2 Å². The van der Waals surface area contributed by atoms with Gasteiger partial charge in [0.25, 0.3) is 0 Å². The van der Waals surface area contributed by atoms with Crippen molar-refractivity contribution in [1.82, 2.24) is 5.32 Å². The Morgan fingerprint density at radius 3 is 3.00 bits per heavy atom. The van der Waals surface area contributed by atoms with Crippen molar-refractivity contribution in [2.45, 2.75) is 26.2 Å². The van der Waals surface area contributed by atoms with Crippen molar-refractivity contribution in [2.24, 2.45) is 5.92 Å². The lowest BCUT2D eigenvalue weighted by atomic mass is 9.92. The third-order valence-electron chi connectivity index (χ3n) is 2.05. The van der Waals surface area contributed by atoms with Gasteiger partial charge in [0.2, 0.25) is 5.91 Å². The van der Waals surface area contributed by atoms with Crippen molar-refractivity contribution in [1.29, 1.82) is 0 Å². The van der Waals surface area contributed by atoms with Gasteiger partial charge in [-0.15, -0.1) is 0 Å². The Morgan fingerprint density at radius 2 is 2.45 bits per heavy atom. The maximum absolute atomic E-state index is 11.1. The molecule has 11 heavy (non-hydrogen) atoms. The van der Waals surface area contributed by atoms with Crippen LogP contribution in [-0.4, -0.2) is 18.2 Å². The SMILES string of the molecule is CCC(=O)C1CCNC(=O)C1. The van der Waals surface area contributed by atoms with Gasteiger partial charge in [-0.25, -0.2) is 0 Å². The molecule has 0 radical (unpaired) electrons. The minimum atomic E-state index is -0.00579. The van der Waals surface area contributed by atoms with E-state index in [9.17, 15) is 9.59 Å². The number of rotatable bonds is 2. The van der Waals surface area contributed by atoms with Gasteiger partial charge in [-0.3, -0.25) is 9.59 Å². The first-order chi connectivity index (χ1) is 5.24. The molecule has 1 atom stereocenters. The molecule has 3 heteroatoms. The molecule has 0 aromatic rings. The zero-order chi connectivity index (χ0) is 8.27. The van der Waals surface area contributed by atoms with Crippen molar-refractivity contribution >= 4 is 11.7 Å². The molecule has 0 aromatic carbocycles. The second-order valence-corrected chi connectivity index (χ2v) is 2.86. The summed E-state index contributed by atoms with van der Waals surface area (Å²) in [5, 5.41) is 2.70. The molecule has 1 aliphatic rings. The van der Waals surface area contributed by atoms with Crippen LogP contribution in [0.25, 0.3) is 0 Å². The summed E-state index contributed by atoms with van der Waals surface area (Å²) in [6.07, 6.45) is 1.77. The number of hydrogen-bond donors (Lipinski definition) is 1. The Morgan fingerprint density at radius 1 is 1.73 bits per heavy atom. The fraction of sp³-hybridized carbons (Fsp3) is 0.750. The molecule has 0 aromatic heterocycles. The molecule has 0 aliphatic carbocycles. The Bertz CT molecular complexity index is 177. The van der Waals surface area contributed by atoms with Gasteiger partial charge in [0.15, 0.2) is 0 Å².